The SMILES string of the molecule is CCN(C(=O)C(C)(C)C(=O)Nc1c(C)cc(C)cc1C)c1ccccc1. The molecule has 26 heavy (non-hydrogen) atoms. The number of benzene rings is 2. The summed E-state index contributed by atoms with van der Waals surface area (Å²) in [5.74, 6) is -0.516. The first-order chi connectivity index (χ1) is 12.2. The summed E-state index contributed by atoms with van der Waals surface area (Å²) in [7, 11) is 0. The maximum Gasteiger partial charge on any atom is 0.242 e. The maximum absolute atomic E-state index is 13.1. The Labute approximate surface area is 156 Å². The van der Waals surface area contributed by atoms with Crippen molar-refractivity contribution in [2.75, 3.05) is 16.8 Å². The van der Waals surface area contributed by atoms with Crippen LogP contribution in [0.15, 0.2) is 42.5 Å². The Morgan fingerprint density at radius 3 is 2.04 bits per heavy atom. The third-order valence-electron chi connectivity index (χ3n) is 4.65. The molecule has 2 aromatic rings. The number of nitrogens with one attached hydrogen (secondary N) is 1. The van der Waals surface area contributed by atoms with Gasteiger partial charge in [-0.05, 0) is 64.8 Å². The molecule has 1 N–H and O–H groups in total. The largest absolute Gasteiger partial charge is 0.325 e. The van der Waals surface area contributed by atoms with Crippen LogP contribution in [0.4, 0.5) is 11.4 Å². The minimum atomic E-state index is -1.18. The van der Waals surface area contributed by atoms with Crippen molar-refractivity contribution in [2.45, 2.75) is 41.5 Å². The van der Waals surface area contributed by atoms with Crippen molar-refractivity contribution in [3.8, 4) is 0 Å². The molecule has 0 saturated heterocycles. The molecule has 0 aliphatic carbocycles. The van der Waals surface area contributed by atoms with Crippen LogP contribution in [0, 0.1) is 26.2 Å². The summed E-state index contributed by atoms with van der Waals surface area (Å²) in [6.07, 6.45) is 0. The van der Waals surface area contributed by atoms with E-state index < -0.39 is 5.41 Å². The minimum absolute atomic E-state index is 0.217. The molecule has 0 spiro atoms. The van der Waals surface area contributed by atoms with Gasteiger partial charge >= 0.3 is 0 Å². The third kappa shape index (κ3) is 3.96. The lowest BCUT2D eigenvalue weighted by molar-refractivity contribution is -0.136. The van der Waals surface area contributed by atoms with E-state index in [0.29, 0.717) is 6.54 Å². The molecule has 0 bridgehead atoms. The van der Waals surface area contributed by atoms with Gasteiger partial charge in [-0.1, -0.05) is 35.9 Å². The molecular weight excluding hydrogens is 324 g/mol. The van der Waals surface area contributed by atoms with Crippen molar-refractivity contribution < 1.29 is 9.59 Å². The van der Waals surface area contributed by atoms with E-state index in [-0.39, 0.29) is 11.8 Å². The molecule has 4 heteroatoms. The molecule has 0 heterocycles. The first-order valence-electron chi connectivity index (χ1n) is 8.94. The highest BCUT2D eigenvalue weighted by Gasteiger charge is 2.39. The van der Waals surface area contributed by atoms with Crippen molar-refractivity contribution in [3.63, 3.8) is 0 Å². The van der Waals surface area contributed by atoms with Crippen molar-refractivity contribution >= 4 is 23.2 Å². The van der Waals surface area contributed by atoms with Crippen molar-refractivity contribution in [2.24, 2.45) is 5.41 Å². The van der Waals surface area contributed by atoms with E-state index in [1.807, 2.05) is 70.2 Å². The summed E-state index contributed by atoms with van der Waals surface area (Å²) >= 11 is 0. The number of aryl methyl sites for hydroxylation is 3. The summed E-state index contributed by atoms with van der Waals surface area (Å²) in [5.41, 5.74) is 3.53. The predicted molar refractivity (Wildman–Crippen MR) is 108 cm³/mol. The van der Waals surface area contributed by atoms with Gasteiger partial charge in [0.05, 0.1) is 0 Å². The lowest BCUT2D eigenvalue weighted by Gasteiger charge is -2.31. The van der Waals surface area contributed by atoms with Gasteiger partial charge in [-0.2, -0.15) is 0 Å². The molecule has 0 aliphatic heterocycles. The van der Waals surface area contributed by atoms with Crippen LogP contribution in [-0.2, 0) is 9.59 Å². The molecule has 2 aromatic carbocycles. The zero-order valence-corrected chi connectivity index (χ0v) is 16.5. The number of hydrogen-bond acceptors (Lipinski definition) is 2. The topological polar surface area (TPSA) is 49.4 Å². The van der Waals surface area contributed by atoms with E-state index in [4.69, 9.17) is 0 Å². The van der Waals surface area contributed by atoms with Gasteiger partial charge in [-0.3, -0.25) is 9.59 Å². The third-order valence-corrected chi connectivity index (χ3v) is 4.65. The first-order valence-corrected chi connectivity index (χ1v) is 8.94. The number of para-hydroxylation sites is 1. The van der Waals surface area contributed by atoms with Crippen LogP contribution < -0.4 is 10.2 Å². The van der Waals surface area contributed by atoms with Crippen LogP contribution in [0.5, 0.6) is 0 Å². The molecule has 0 atom stereocenters. The van der Waals surface area contributed by atoms with Gasteiger partial charge in [-0.25, -0.2) is 0 Å². The van der Waals surface area contributed by atoms with Gasteiger partial charge in [0.2, 0.25) is 11.8 Å². The van der Waals surface area contributed by atoms with E-state index >= 15 is 0 Å². The smallest absolute Gasteiger partial charge is 0.242 e. The standard InChI is InChI=1S/C22H28N2O2/c1-7-24(18-11-9-8-10-12-18)21(26)22(5,6)20(25)23-19-16(3)13-15(2)14-17(19)4/h8-14H,7H2,1-6H3,(H,23,25). The van der Waals surface area contributed by atoms with Gasteiger partial charge in [0, 0.05) is 17.9 Å². The molecule has 0 fully saturated rings. The average molecular weight is 352 g/mol. The Kier molecular flexibility index (Phi) is 5.86. The summed E-state index contributed by atoms with van der Waals surface area (Å²) < 4.78 is 0. The maximum atomic E-state index is 13.1. The second kappa shape index (κ2) is 7.73. The Hall–Kier alpha value is -2.62. The summed E-state index contributed by atoms with van der Waals surface area (Å²) in [5, 5.41) is 2.97. The fraction of sp³-hybridized carbons (Fsp3) is 0.364. The monoisotopic (exact) mass is 352 g/mol. The quantitative estimate of drug-likeness (QED) is 0.798. The van der Waals surface area contributed by atoms with Gasteiger partial charge in [0.15, 0.2) is 0 Å². The van der Waals surface area contributed by atoms with Crippen LogP contribution in [0.1, 0.15) is 37.5 Å². The summed E-state index contributed by atoms with van der Waals surface area (Å²) in [6, 6.07) is 13.5. The molecule has 4 nitrogen and oxygen atoms in total. The molecular formula is C22H28N2O2. The van der Waals surface area contributed by atoms with E-state index in [0.717, 1.165) is 28.1 Å². The highest BCUT2D eigenvalue weighted by molar-refractivity contribution is 6.15. The summed E-state index contributed by atoms with van der Waals surface area (Å²) in [4.78, 5) is 27.7. The van der Waals surface area contributed by atoms with Gasteiger partial charge in [-0.15, -0.1) is 0 Å². The van der Waals surface area contributed by atoms with Crippen molar-refractivity contribution in [3.05, 3.63) is 59.2 Å². The Morgan fingerprint density at radius 1 is 1.00 bits per heavy atom. The Morgan fingerprint density at radius 2 is 1.54 bits per heavy atom. The highest BCUT2D eigenvalue weighted by Crippen LogP contribution is 2.28. The van der Waals surface area contributed by atoms with Gasteiger partial charge < -0.3 is 10.2 Å². The lowest BCUT2D eigenvalue weighted by Crippen LogP contribution is -2.47. The Bertz CT molecular complexity index is 787. The molecule has 2 rings (SSSR count). The summed E-state index contributed by atoms with van der Waals surface area (Å²) in [6.45, 7) is 11.7. The predicted octanol–water partition coefficient (Wildman–Crippen LogP) is 4.63. The van der Waals surface area contributed by atoms with Crippen molar-refractivity contribution in [1.82, 2.24) is 0 Å². The Balaban J connectivity index is 2.28. The average Bonchev–Trinajstić information content (AvgIpc) is 2.59. The van der Waals surface area contributed by atoms with E-state index in [1.165, 1.54) is 0 Å². The molecule has 0 unspecified atom stereocenters. The number of anilines is 2. The lowest BCUT2D eigenvalue weighted by atomic mass is 9.89. The second-order valence-corrected chi connectivity index (χ2v) is 7.24. The van der Waals surface area contributed by atoms with Crippen molar-refractivity contribution in [1.29, 1.82) is 0 Å². The van der Waals surface area contributed by atoms with Crippen LogP contribution >= 0.6 is 0 Å². The number of rotatable bonds is 5. The van der Waals surface area contributed by atoms with Crippen LogP contribution in [0.25, 0.3) is 0 Å². The minimum Gasteiger partial charge on any atom is -0.325 e. The molecule has 138 valence electrons. The number of hydrogen-bond donors (Lipinski definition) is 1. The van der Waals surface area contributed by atoms with E-state index in [2.05, 4.69) is 5.32 Å². The molecule has 0 aromatic heterocycles. The van der Waals surface area contributed by atoms with Crippen LogP contribution in [0.2, 0.25) is 0 Å². The van der Waals surface area contributed by atoms with E-state index in [9.17, 15) is 9.59 Å². The zero-order chi connectivity index (χ0) is 19.5. The fourth-order valence-electron chi connectivity index (χ4n) is 3.13. The van der Waals surface area contributed by atoms with Gasteiger partial charge in [0.1, 0.15) is 5.41 Å². The molecule has 0 aliphatic rings. The van der Waals surface area contributed by atoms with Crippen LogP contribution in [0.3, 0.4) is 0 Å². The second-order valence-electron chi connectivity index (χ2n) is 7.24. The first kappa shape index (κ1) is 19.7. The normalized spacial score (nSPS) is 11.2. The van der Waals surface area contributed by atoms with Gasteiger partial charge in [0.25, 0.3) is 0 Å². The number of carbonyl (C=O) groups excluding carboxylic acids is 2. The number of carbonyl (C=O) groups is 2. The molecule has 2 amide bonds. The number of nitrogens with zero attached hydrogens (tertiary/aromatic N) is 1. The van der Waals surface area contributed by atoms with E-state index in [1.54, 1.807) is 18.7 Å². The molecule has 0 saturated carbocycles. The molecule has 0 radical (unpaired) electrons. The van der Waals surface area contributed by atoms with Crippen LogP contribution in [-0.4, -0.2) is 18.4 Å². The highest BCUT2D eigenvalue weighted by atomic mass is 16.2. The number of amides is 2. The fourth-order valence-corrected chi connectivity index (χ4v) is 3.13. The zero-order valence-electron chi connectivity index (χ0n) is 16.5.